The van der Waals surface area contributed by atoms with Gasteiger partial charge in [0.15, 0.2) is 0 Å². The Bertz CT molecular complexity index is 885. The van der Waals surface area contributed by atoms with Crippen LogP contribution in [0.25, 0.3) is 0 Å². The number of nitrogens with zero attached hydrogens (tertiary/aromatic N) is 3. The second-order valence-corrected chi connectivity index (χ2v) is 7.15. The fraction of sp³-hybridized carbons (Fsp3) is 0.450. The van der Waals surface area contributed by atoms with Crippen LogP contribution >= 0.6 is 0 Å². The quantitative estimate of drug-likeness (QED) is 0.885. The monoisotopic (exact) mass is 368 g/mol. The maximum atomic E-state index is 12.7. The van der Waals surface area contributed by atoms with Crippen molar-refractivity contribution in [1.29, 1.82) is 0 Å². The number of nitrogens with one attached hydrogen (secondary N) is 1. The highest BCUT2D eigenvalue weighted by molar-refractivity contribution is 5.93. The summed E-state index contributed by atoms with van der Waals surface area (Å²) in [6.45, 7) is 3.28. The van der Waals surface area contributed by atoms with Crippen LogP contribution in [0.2, 0.25) is 0 Å². The Morgan fingerprint density at radius 3 is 2.70 bits per heavy atom. The molecule has 0 radical (unpaired) electrons. The van der Waals surface area contributed by atoms with Crippen molar-refractivity contribution < 1.29 is 9.53 Å². The van der Waals surface area contributed by atoms with Gasteiger partial charge in [0.1, 0.15) is 0 Å². The average Bonchev–Trinajstić information content (AvgIpc) is 2.70. The average molecular weight is 368 g/mol. The molecule has 27 heavy (non-hydrogen) atoms. The molecular weight excluding hydrogens is 344 g/mol. The van der Waals surface area contributed by atoms with Gasteiger partial charge < -0.3 is 15.0 Å². The van der Waals surface area contributed by atoms with E-state index in [1.165, 1.54) is 4.68 Å². The number of carbonyl (C=O) groups excluding carboxylic acids is 1. The van der Waals surface area contributed by atoms with Crippen LogP contribution in [0, 0.1) is 5.92 Å². The highest BCUT2D eigenvalue weighted by atomic mass is 16.5. The molecule has 1 atom stereocenters. The minimum Gasteiger partial charge on any atom is -0.378 e. The molecule has 4 rings (SSSR count). The van der Waals surface area contributed by atoms with Gasteiger partial charge in [-0.1, -0.05) is 0 Å². The fourth-order valence-corrected chi connectivity index (χ4v) is 3.73. The first kappa shape index (κ1) is 17.7. The zero-order valence-electron chi connectivity index (χ0n) is 15.5. The van der Waals surface area contributed by atoms with Crippen molar-refractivity contribution in [3.8, 4) is 0 Å². The van der Waals surface area contributed by atoms with Gasteiger partial charge in [0.05, 0.1) is 18.9 Å². The molecule has 7 heteroatoms. The summed E-state index contributed by atoms with van der Waals surface area (Å²) in [7, 11) is 1.65. The number of anilines is 2. The van der Waals surface area contributed by atoms with E-state index in [9.17, 15) is 9.59 Å². The first-order valence-electron chi connectivity index (χ1n) is 9.40. The lowest BCUT2D eigenvalue weighted by molar-refractivity contribution is -0.120. The second kappa shape index (κ2) is 7.52. The van der Waals surface area contributed by atoms with Gasteiger partial charge in [-0.25, -0.2) is 4.68 Å². The number of carbonyl (C=O) groups is 1. The summed E-state index contributed by atoms with van der Waals surface area (Å²) >= 11 is 0. The third kappa shape index (κ3) is 3.88. The van der Waals surface area contributed by atoms with E-state index in [4.69, 9.17) is 4.74 Å². The number of morpholine rings is 1. The van der Waals surface area contributed by atoms with E-state index in [1.54, 1.807) is 13.1 Å². The molecule has 2 aromatic rings. The maximum absolute atomic E-state index is 12.7. The summed E-state index contributed by atoms with van der Waals surface area (Å²) in [5.41, 5.74) is 3.63. The minimum atomic E-state index is -0.134. The summed E-state index contributed by atoms with van der Waals surface area (Å²) < 4.78 is 6.74. The van der Waals surface area contributed by atoms with Crippen LogP contribution in [0.3, 0.4) is 0 Å². The molecule has 0 bridgehead atoms. The summed E-state index contributed by atoms with van der Waals surface area (Å²) in [6.07, 6.45) is 2.03. The molecule has 1 N–H and O–H groups in total. The second-order valence-electron chi connectivity index (χ2n) is 7.15. The van der Waals surface area contributed by atoms with E-state index in [1.807, 2.05) is 24.3 Å². The third-order valence-corrected chi connectivity index (χ3v) is 5.34. The number of hydrogen-bond donors (Lipinski definition) is 1. The van der Waals surface area contributed by atoms with E-state index >= 15 is 0 Å². The molecule has 0 spiro atoms. The standard InChI is InChI=1S/C20H24N4O3/c1-23-19(25)13-15-12-14(2-7-18(15)22-23)20(26)21-16-3-5-17(6-4-16)24-8-10-27-11-9-24/h3-6,13-14H,2,7-12H2,1H3,(H,21,26). The first-order chi connectivity index (χ1) is 13.1. The molecule has 1 aliphatic carbocycles. The fourth-order valence-electron chi connectivity index (χ4n) is 3.73. The molecule has 1 amide bonds. The number of fused-ring (bicyclic) bond motifs is 1. The van der Waals surface area contributed by atoms with Gasteiger partial charge in [0.2, 0.25) is 5.91 Å². The van der Waals surface area contributed by atoms with Gasteiger partial charge in [-0.2, -0.15) is 5.10 Å². The van der Waals surface area contributed by atoms with Gasteiger partial charge >= 0.3 is 0 Å². The van der Waals surface area contributed by atoms with Crippen LogP contribution in [0.1, 0.15) is 17.7 Å². The molecule has 0 saturated carbocycles. The SMILES string of the molecule is Cn1nc2c(cc1=O)CC(C(=O)Nc1ccc(N3CCOCC3)cc1)CC2. The molecule has 1 aromatic heterocycles. The highest BCUT2D eigenvalue weighted by Crippen LogP contribution is 2.25. The number of rotatable bonds is 3. The number of benzene rings is 1. The molecule has 1 aliphatic heterocycles. The Morgan fingerprint density at radius 2 is 1.96 bits per heavy atom. The van der Waals surface area contributed by atoms with Crippen molar-refractivity contribution in [2.24, 2.45) is 13.0 Å². The Hall–Kier alpha value is -2.67. The van der Waals surface area contributed by atoms with E-state index in [0.717, 1.165) is 61.8 Å². The molecule has 2 aliphatic rings. The summed E-state index contributed by atoms with van der Waals surface area (Å²) in [4.78, 5) is 26.8. The largest absolute Gasteiger partial charge is 0.378 e. The van der Waals surface area contributed by atoms with Crippen LogP contribution in [-0.4, -0.2) is 42.0 Å². The summed E-state index contributed by atoms with van der Waals surface area (Å²) in [5.74, 6) is -0.134. The van der Waals surface area contributed by atoms with Crippen molar-refractivity contribution in [3.05, 3.63) is 51.9 Å². The van der Waals surface area contributed by atoms with Crippen molar-refractivity contribution >= 4 is 17.3 Å². The highest BCUT2D eigenvalue weighted by Gasteiger charge is 2.26. The maximum Gasteiger partial charge on any atom is 0.266 e. The summed E-state index contributed by atoms with van der Waals surface area (Å²) in [5, 5.41) is 7.32. The third-order valence-electron chi connectivity index (χ3n) is 5.34. The van der Waals surface area contributed by atoms with Gasteiger partial charge in [-0.05, 0) is 49.1 Å². The number of aromatic nitrogens is 2. The van der Waals surface area contributed by atoms with Crippen molar-refractivity contribution in [2.75, 3.05) is 36.5 Å². The Balaban J connectivity index is 1.40. The smallest absolute Gasteiger partial charge is 0.266 e. The van der Waals surface area contributed by atoms with Crippen LogP contribution in [-0.2, 0) is 29.4 Å². The molecule has 7 nitrogen and oxygen atoms in total. The van der Waals surface area contributed by atoms with Crippen molar-refractivity contribution in [3.63, 3.8) is 0 Å². The minimum absolute atomic E-state index is 0.000416. The number of aryl methyl sites for hydroxylation is 2. The lowest BCUT2D eigenvalue weighted by Crippen LogP contribution is -2.36. The molecule has 1 fully saturated rings. The zero-order chi connectivity index (χ0) is 18.8. The molecule has 1 saturated heterocycles. The number of hydrogen-bond acceptors (Lipinski definition) is 5. The lowest BCUT2D eigenvalue weighted by atomic mass is 9.86. The first-order valence-corrected chi connectivity index (χ1v) is 9.40. The van der Waals surface area contributed by atoms with E-state index in [-0.39, 0.29) is 17.4 Å². The van der Waals surface area contributed by atoms with Crippen LogP contribution < -0.4 is 15.8 Å². The van der Waals surface area contributed by atoms with Gasteiger partial charge in [-0.3, -0.25) is 9.59 Å². The molecular formula is C20H24N4O3. The predicted octanol–water partition coefficient (Wildman–Crippen LogP) is 1.36. The van der Waals surface area contributed by atoms with E-state index < -0.39 is 0 Å². The lowest BCUT2D eigenvalue weighted by Gasteiger charge is -2.29. The topological polar surface area (TPSA) is 76.5 Å². The summed E-state index contributed by atoms with van der Waals surface area (Å²) in [6, 6.07) is 9.56. The molecule has 142 valence electrons. The molecule has 1 aromatic carbocycles. The predicted molar refractivity (Wildman–Crippen MR) is 103 cm³/mol. The van der Waals surface area contributed by atoms with Crippen LogP contribution in [0.4, 0.5) is 11.4 Å². The zero-order valence-corrected chi connectivity index (χ0v) is 15.5. The van der Waals surface area contributed by atoms with Crippen molar-refractivity contribution in [2.45, 2.75) is 19.3 Å². The number of ether oxygens (including phenoxy) is 1. The Labute approximate surface area is 157 Å². The molecule has 2 heterocycles. The van der Waals surface area contributed by atoms with Crippen molar-refractivity contribution in [1.82, 2.24) is 9.78 Å². The normalized spacial score (nSPS) is 19.4. The van der Waals surface area contributed by atoms with Gasteiger partial charge in [-0.15, -0.1) is 0 Å². The van der Waals surface area contributed by atoms with Gasteiger partial charge in [0, 0.05) is 43.5 Å². The van der Waals surface area contributed by atoms with E-state index in [0.29, 0.717) is 6.42 Å². The number of amides is 1. The van der Waals surface area contributed by atoms with Crippen LogP contribution in [0.5, 0.6) is 0 Å². The molecule has 1 unspecified atom stereocenters. The Morgan fingerprint density at radius 1 is 1.22 bits per heavy atom. The Kier molecular flexibility index (Phi) is 4.94. The van der Waals surface area contributed by atoms with Crippen LogP contribution in [0.15, 0.2) is 35.1 Å². The van der Waals surface area contributed by atoms with E-state index in [2.05, 4.69) is 15.3 Å². The van der Waals surface area contributed by atoms with Gasteiger partial charge in [0.25, 0.3) is 5.56 Å².